The van der Waals surface area contributed by atoms with E-state index in [4.69, 9.17) is 5.41 Å². The molecular formula is C23H27N. The molecule has 1 atom stereocenters. The Labute approximate surface area is 145 Å². The van der Waals surface area contributed by atoms with E-state index in [1.807, 2.05) is 0 Å². The summed E-state index contributed by atoms with van der Waals surface area (Å²) >= 11 is 0. The molecule has 0 fully saturated rings. The number of hydrogen-bond donors (Lipinski definition) is 1. The molecule has 0 saturated heterocycles. The van der Waals surface area contributed by atoms with Crippen molar-refractivity contribution in [2.45, 2.75) is 41.5 Å². The minimum atomic E-state index is -0.171. The zero-order chi connectivity index (χ0) is 17.6. The van der Waals surface area contributed by atoms with Gasteiger partial charge in [0.25, 0.3) is 0 Å². The van der Waals surface area contributed by atoms with Gasteiger partial charge in [0, 0.05) is 22.6 Å². The first-order valence-corrected chi connectivity index (χ1v) is 8.72. The van der Waals surface area contributed by atoms with Crippen molar-refractivity contribution in [3.05, 3.63) is 64.7 Å². The van der Waals surface area contributed by atoms with Crippen molar-refractivity contribution in [1.29, 1.82) is 5.41 Å². The highest BCUT2D eigenvalue weighted by Crippen LogP contribution is 2.41. The molecule has 1 aliphatic rings. The molecule has 0 saturated carbocycles. The van der Waals surface area contributed by atoms with Crippen LogP contribution in [0.2, 0.25) is 0 Å². The normalized spacial score (nSPS) is 18.2. The molecule has 0 aliphatic heterocycles. The topological polar surface area (TPSA) is 23.9 Å². The quantitative estimate of drug-likeness (QED) is 0.602. The van der Waals surface area contributed by atoms with E-state index in [1.54, 1.807) is 0 Å². The minimum Gasteiger partial charge on any atom is -0.304 e. The first-order valence-electron chi connectivity index (χ1n) is 8.72. The van der Waals surface area contributed by atoms with Crippen molar-refractivity contribution in [2.24, 2.45) is 11.3 Å². The van der Waals surface area contributed by atoms with Crippen LogP contribution < -0.4 is 0 Å². The second-order valence-electron chi connectivity index (χ2n) is 8.05. The van der Waals surface area contributed by atoms with Crippen LogP contribution in [0.5, 0.6) is 0 Å². The summed E-state index contributed by atoms with van der Waals surface area (Å²) in [6.07, 6.45) is 2.34. The highest BCUT2D eigenvalue weighted by molar-refractivity contribution is 6.09. The maximum Gasteiger partial charge on any atom is 0.0445 e. The lowest BCUT2D eigenvalue weighted by Gasteiger charge is -2.25. The van der Waals surface area contributed by atoms with Gasteiger partial charge in [0.1, 0.15) is 0 Å². The fourth-order valence-corrected chi connectivity index (χ4v) is 3.66. The van der Waals surface area contributed by atoms with Gasteiger partial charge in [0.05, 0.1) is 0 Å². The van der Waals surface area contributed by atoms with Gasteiger partial charge in [-0.3, -0.25) is 0 Å². The van der Waals surface area contributed by atoms with Gasteiger partial charge < -0.3 is 5.41 Å². The Morgan fingerprint density at radius 2 is 1.58 bits per heavy atom. The maximum atomic E-state index is 8.80. The van der Waals surface area contributed by atoms with E-state index < -0.39 is 0 Å². The zero-order valence-corrected chi connectivity index (χ0v) is 15.6. The van der Waals surface area contributed by atoms with Crippen LogP contribution in [-0.2, 0) is 0 Å². The van der Waals surface area contributed by atoms with Crippen LogP contribution in [0.1, 0.15) is 52.7 Å². The van der Waals surface area contributed by atoms with Crippen molar-refractivity contribution in [3.8, 4) is 0 Å². The van der Waals surface area contributed by atoms with Gasteiger partial charge in [-0.1, -0.05) is 63.6 Å². The predicted molar refractivity (Wildman–Crippen MR) is 106 cm³/mol. The highest BCUT2D eigenvalue weighted by atomic mass is 14.5. The number of fused-ring (bicyclic) bond motifs is 1. The SMILES string of the molecule is CC1=CC(C)C(c2cc3ccccc3cc2C(=N)C(C)(C)C)=C1C. The van der Waals surface area contributed by atoms with Crippen LogP contribution in [0.4, 0.5) is 0 Å². The molecule has 0 bridgehead atoms. The van der Waals surface area contributed by atoms with E-state index in [1.165, 1.54) is 33.1 Å². The Morgan fingerprint density at radius 1 is 1.00 bits per heavy atom. The molecule has 1 aliphatic carbocycles. The summed E-state index contributed by atoms with van der Waals surface area (Å²) in [7, 11) is 0. The van der Waals surface area contributed by atoms with Crippen molar-refractivity contribution in [1.82, 2.24) is 0 Å². The van der Waals surface area contributed by atoms with Crippen LogP contribution >= 0.6 is 0 Å². The first kappa shape index (κ1) is 16.7. The molecule has 3 rings (SSSR count). The van der Waals surface area contributed by atoms with Crippen LogP contribution in [0.15, 0.2) is 53.6 Å². The lowest BCUT2D eigenvalue weighted by Crippen LogP contribution is -2.22. The van der Waals surface area contributed by atoms with Crippen molar-refractivity contribution >= 4 is 22.1 Å². The van der Waals surface area contributed by atoms with Gasteiger partial charge in [0.15, 0.2) is 0 Å². The molecule has 1 heteroatoms. The molecule has 0 radical (unpaired) electrons. The van der Waals surface area contributed by atoms with Crippen LogP contribution in [-0.4, -0.2) is 5.71 Å². The average molecular weight is 317 g/mol. The third-order valence-corrected chi connectivity index (χ3v) is 5.15. The molecule has 0 spiro atoms. The third-order valence-electron chi connectivity index (χ3n) is 5.15. The number of allylic oxidation sites excluding steroid dienone is 4. The Bertz CT molecular complexity index is 888. The number of hydrogen-bond acceptors (Lipinski definition) is 1. The minimum absolute atomic E-state index is 0.171. The summed E-state index contributed by atoms with van der Waals surface area (Å²) < 4.78 is 0. The summed E-state index contributed by atoms with van der Waals surface area (Å²) in [4.78, 5) is 0. The van der Waals surface area contributed by atoms with Crippen LogP contribution in [0.3, 0.4) is 0 Å². The summed E-state index contributed by atoms with van der Waals surface area (Å²) in [6.45, 7) is 13.0. The molecule has 0 amide bonds. The van der Waals surface area contributed by atoms with Crippen LogP contribution in [0, 0.1) is 16.7 Å². The van der Waals surface area contributed by atoms with E-state index in [0.29, 0.717) is 11.6 Å². The molecule has 0 heterocycles. The van der Waals surface area contributed by atoms with Gasteiger partial charge >= 0.3 is 0 Å². The summed E-state index contributed by atoms with van der Waals surface area (Å²) in [6, 6.07) is 13.0. The third kappa shape index (κ3) is 2.73. The smallest absolute Gasteiger partial charge is 0.0445 e. The molecule has 24 heavy (non-hydrogen) atoms. The van der Waals surface area contributed by atoms with Crippen molar-refractivity contribution < 1.29 is 0 Å². The standard InChI is InChI=1S/C23H27N/c1-14-11-15(2)21(16(14)3)19-12-17-9-7-8-10-18(17)13-20(19)22(24)23(4,5)6/h7-13,15,24H,1-6H3. The molecule has 124 valence electrons. The summed E-state index contributed by atoms with van der Waals surface area (Å²) in [5.74, 6) is 0.401. The van der Waals surface area contributed by atoms with E-state index in [0.717, 1.165) is 5.56 Å². The monoisotopic (exact) mass is 317 g/mol. The molecule has 1 unspecified atom stereocenters. The van der Waals surface area contributed by atoms with E-state index in [-0.39, 0.29) is 5.41 Å². The molecule has 1 nitrogen and oxygen atoms in total. The second kappa shape index (κ2) is 5.73. The fraction of sp³-hybridized carbons (Fsp3) is 0.348. The van der Waals surface area contributed by atoms with E-state index in [2.05, 4.69) is 84.0 Å². The van der Waals surface area contributed by atoms with Crippen LogP contribution in [0.25, 0.3) is 16.3 Å². The predicted octanol–water partition coefficient (Wildman–Crippen LogP) is 6.62. The maximum absolute atomic E-state index is 8.80. The first-order chi connectivity index (χ1) is 11.2. The Morgan fingerprint density at radius 3 is 2.08 bits per heavy atom. The lowest BCUT2D eigenvalue weighted by atomic mass is 9.80. The van der Waals surface area contributed by atoms with Crippen molar-refractivity contribution in [3.63, 3.8) is 0 Å². The van der Waals surface area contributed by atoms with Gasteiger partial charge in [0.2, 0.25) is 0 Å². The fourth-order valence-electron chi connectivity index (χ4n) is 3.66. The number of benzene rings is 2. The molecule has 2 aromatic carbocycles. The molecular weight excluding hydrogens is 290 g/mol. The summed E-state index contributed by atoms with van der Waals surface area (Å²) in [5, 5.41) is 11.3. The van der Waals surface area contributed by atoms with Gasteiger partial charge in [-0.2, -0.15) is 0 Å². The average Bonchev–Trinajstić information content (AvgIpc) is 2.77. The number of nitrogens with one attached hydrogen (secondary N) is 1. The van der Waals surface area contributed by atoms with E-state index in [9.17, 15) is 0 Å². The second-order valence-corrected chi connectivity index (χ2v) is 8.05. The van der Waals surface area contributed by atoms with Gasteiger partial charge in [-0.25, -0.2) is 0 Å². The largest absolute Gasteiger partial charge is 0.304 e. The summed E-state index contributed by atoms with van der Waals surface area (Å²) in [5.41, 5.74) is 6.94. The zero-order valence-electron chi connectivity index (χ0n) is 15.6. The Balaban J connectivity index is 2.32. The van der Waals surface area contributed by atoms with Gasteiger partial charge in [-0.15, -0.1) is 0 Å². The highest BCUT2D eigenvalue weighted by Gasteiger charge is 2.27. The molecule has 0 aromatic heterocycles. The molecule has 2 aromatic rings. The Hall–Kier alpha value is -2.15. The lowest BCUT2D eigenvalue weighted by molar-refractivity contribution is 0.588. The van der Waals surface area contributed by atoms with Crippen molar-refractivity contribution in [2.75, 3.05) is 0 Å². The molecule has 1 N–H and O–H groups in total. The van der Waals surface area contributed by atoms with E-state index >= 15 is 0 Å². The Kier molecular flexibility index (Phi) is 3.99. The number of rotatable bonds is 2. The van der Waals surface area contributed by atoms with Gasteiger partial charge in [-0.05, 0) is 53.5 Å².